The fraction of sp³-hybridized carbons (Fsp3) is 0.0909. The van der Waals surface area contributed by atoms with Crippen molar-refractivity contribution in [2.24, 2.45) is 7.05 Å². The van der Waals surface area contributed by atoms with Gasteiger partial charge in [0.25, 0.3) is 11.8 Å². The van der Waals surface area contributed by atoms with E-state index in [9.17, 15) is 4.79 Å². The zero-order valence-electron chi connectivity index (χ0n) is 10.5. The number of hydrogen-bond donors (Lipinski definition) is 1. The highest BCUT2D eigenvalue weighted by atomic mass is 35.5. The molecule has 0 unspecified atom stereocenters. The second-order valence-electron chi connectivity index (χ2n) is 3.94. The fourth-order valence-electron chi connectivity index (χ4n) is 1.62. The van der Waals surface area contributed by atoms with Crippen molar-refractivity contribution in [1.29, 1.82) is 0 Å². The van der Waals surface area contributed by atoms with E-state index in [4.69, 9.17) is 27.6 Å². The van der Waals surface area contributed by atoms with Crippen molar-refractivity contribution >= 4 is 46.5 Å². The number of anilines is 1. The number of aryl methyl sites for hydroxylation is 1. The number of rotatable bonds is 3. The number of carbonyl (C=O) groups excluding carboxylic acids is 1. The molecular formula is C11H7Cl2N5O2S. The molecule has 0 aliphatic carbocycles. The third-order valence-electron chi connectivity index (χ3n) is 2.59. The molecule has 3 aromatic heterocycles. The topological polar surface area (TPSA) is 85.8 Å². The second-order valence-corrected chi connectivity index (χ2v) is 6.23. The molecule has 3 heterocycles. The summed E-state index contributed by atoms with van der Waals surface area (Å²) in [5.41, 5.74) is 0.895. The Kier molecular flexibility index (Phi) is 3.66. The van der Waals surface area contributed by atoms with E-state index in [2.05, 4.69) is 20.6 Å². The molecule has 10 heteroatoms. The number of nitrogens with zero attached hydrogens (tertiary/aromatic N) is 4. The van der Waals surface area contributed by atoms with E-state index in [0.717, 1.165) is 11.3 Å². The number of thiophene rings is 1. The molecule has 7 nitrogen and oxygen atoms in total. The highest BCUT2D eigenvalue weighted by Gasteiger charge is 2.18. The lowest BCUT2D eigenvalue weighted by molar-refractivity contribution is 0.102. The van der Waals surface area contributed by atoms with Gasteiger partial charge in [0, 0.05) is 13.2 Å². The number of halogens is 2. The molecule has 108 valence electrons. The molecule has 0 bridgehead atoms. The van der Waals surface area contributed by atoms with Crippen LogP contribution in [0.25, 0.3) is 11.6 Å². The Labute approximate surface area is 132 Å². The van der Waals surface area contributed by atoms with Crippen molar-refractivity contribution in [2.75, 3.05) is 5.32 Å². The Morgan fingerprint density at radius 3 is 2.86 bits per heavy atom. The SMILES string of the molecule is Cn1nccc1-c1nnc(NC(=O)c2cc(Cl)sc2Cl)o1. The van der Waals surface area contributed by atoms with Crippen molar-refractivity contribution in [3.05, 3.63) is 32.6 Å². The molecule has 1 amide bonds. The molecule has 0 radical (unpaired) electrons. The van der Waals surface area contributed by atoms with Crippen molar-refractivity contribution in [2.45, 2.75) is 0 Å². The third kappa shape index (κ3) is 2.78. The second kappa shape index (κ2) is 5.47. The molecule has 0 atom stereocenters. The summed E-state index contributed by atoms with van der Waals surface area (Å²) >= 11 is 12.8. The van der Waals surface area contributed by atoms with Crippen LogP contribution in [0.15, 0.2) is 22.7 Å². The molecule has 3 rings (SSSR count). The first kappa shape index (κ1) is 14.1. The van der Waals surface area contributed by atoms with Crippen LogP contribution in [0.2, 0.25) is 8.67 Å². The number of amides is 1. The maximum Gasteiger partial charge on any atom is 0.322 e. The third-order valence-corrected chi connectivity index (χ3v) is 4.07. The van der Waals surface area contributed by atoms with Crippen LogP contribution in [-0.4, -0.2) is 25.9 Å². The summed E-state index contributed by atoms with van der Waals surface area (Å²) in [5, 5.41) is 14.1. The van der Waals surface area contributed by atoms with Gasteiger partial charge in [0.1, 0.15) is 10.0 Å². The van der Waals surface area contributed by atoms with Crippen molar-refractivity contribution in [1.82, 2.24) is 20.0 Å². The summed E-state index contributed by atoms with van der Waals surface area (Å²) in [4.78, 5) is 12.0. The van der Waals surface area contributed by atoms with Crippen molar-refractivity contribution in [3.63, 3.8) is 0 Å². The van der Waals surface area contributed by atoms with Crippen LogP contribution in [0.4, 0.5) is 6.01 Å². The predicted molar refractivity (Wildman–Crippen MR) is 78.8 cm³/mol. The molecule has 0 saturated heterocycles. The van der Waals surface area contributed by atoms with E-state index in [0.29, 0.717) is 14.4 Å². The lowest BCUT2D eigenvalue weighted by Crippen LogP contribution is -2.11. The summed E-state index contributed by atoms with van der Waals surface area (Å²) in [5.74, 6) is -0.219. The summed E-state index contributed by atoms with van der Waals surface area (Å²) in [7, 11) is 1.74. The normalized spacial score (nSPS) is 10.8. The van der Waals surface area contributed by atoms with Gasteiger partial charge in [0.05, 0.1) is 9.90 Å². The minimum atomic E-state index is -0.469. The lowest BCUT2D eigenvalue weighted by Gasteiger charge is -1.98. The number of nitrogens with one attached hydrogen (secondary N) is 1. The Morgan fingerprint density at radius 1 is 1.43 bits per heavy atom. The molecule has 3 aromatic rings. The van der Waals surface area contributed by atoms with Crippen LogP contribution in [0, 0.1) is 0 Å². The summed E-state index contributed by atoms with van der Waals surface area (Å²) in [6.45, 7) is 0. The molecule has 0 spiro atoms. The average molecular weight is 344 g/mol. The Bertz CT molecular complexity index is 809. The van der Waals surface area contributed by atoms with Crippen LogP contribution in [-0.2, 0) is 7.05 Å². The van der Waals surface area contributed by atoms with E-state index in [1.807, 2.05) is 0 Å². The molecule has 21 heavy (non-hydrogen) atoms. The van der Waals surface area contributed by atoms with Crippen molar-refractivity contribution < 1.29 is 9.21 Å². The Hall–Kier alpha value is -1.90. The number of hydrogen-bond acceptors (Lipinski definition) is 6. The molecular weight excluding hydrogens is 337 g/mol. The van der Waals surface area contributed by atoms with Gasteiger partial charge in [-0.25, -0.2) is 0 Å². The van der Waals surface area contributed by atoms with Gasteiger partial charge in [-0.1, -0.05) is 28.3 Å². The maximum atomic E-state index is 12.0. The van der Waals surface area contributed by atoms with Crippen LogP contribution in [0.5, 0.6) is 0 Å². The van der Waals surface area contributed by atoms with E-state index < -0.39 is 5.91 Å². The Balaban J connectivity index is 1.80. The first-order chi connectivity index (χ1) is 10.0. The molecule has 0 aromatic carbocycles. The first-order valence-corrected chi connectivity index (χ1v) is 7.20. The summed E-state index contributed by atoms with van der Waals surface area (Å²) in [6.07, 6.45) is 1.60. The van der Waals surface area contributed by atoms with E-state index >= 15 is 0 Å². The van der Waals surface area contributed by atoms with Gasteiger partial charge in [-0.3, -0.25) is 14.8 Å². The monoisotopic (exact) mass is 343 g/mol. The van der Waals surface area contributed by atoms with Gasteiger partial charge in [0.15, 0.2) is 0 Å². The highest BCUT2D eigenvalue weighted by molar-refractivity contribution is 7.20. The van der Waals surface area contributed by atoms with E-state index in [-0.39, 0.29) is 17.5 Å². The van der Waals surface area contributed by atoms with Gasteiger partial charge in [0.2, 0.25) is 0 Å². The zero-order valence-corrected chi connectivity index (χ0v) is 12.8. The number of aromatic nitrogens is 4. The van der Waals surface area contributed by atoms with E-state index in [1.165, 1.54) is 6.07 Å². The van der Waals surface area contributed by atoms with Gasteiger partial charge in [-0.05, 0) is 12.1 Å². The van der Waals surface area contributed by atoms with E-state index in [1.54, 1.807) is 24.0 Å². The molecule has 0 aliphatic heterocycles. The Morgan fingerprint density at radius 2 is 2.24 bits per heavy atom. The standard InChI is InChI=1S/C11H7Cl2N5O2S/c1-18-6(2-3-14-18)10-16-17-11(20-10)15-9(19)5-4-7(12)21-8(5)13/h2-4H,1H3,(H,15,17,19). The molecule has 0 saturated carbocycles. The van der Waals surface area contributed by atoms with Crippen LogP contribution in [0.1, 0.15) is 10.4 Å². The van der Waals surface area contributed by atoms with Crippen LogP contribution < -0.4 is 5.32 Å². The molecule has 1 N–H and O–H groups in total. The molecule has 0 fully saturated rings. The first-order valence-electron chi connectivity index (χ1n) is 5.62. The van der Waals surface area contributed by atoms with Gasteiger partial charge < -0.3 is 4.42 Å². The quantitative estimate of drug-likeness (QED) is 0.789. The van der Waals surface area contributed by atoms with Gasteiger partial charge in [-0.2, -0.15) is 5.10 Å². The largest absolute Gasteiger partial charge is 0.401 e. The zero-order chi connectivity index (χ0) is 15.0. The molecule has 0 aliphatic rings. The van der Waals surface area contributed by atoms with Crippen LogP contribution >= 0.6 is 34.5 Å². The summed E-state index contributed by atoms with van der Waals surface area (Å²) < 4.78 is 7.66. The number of carbonyl (C=O) groups is 1. The lowest BCUT2D eigenvalue weighted by atomic mass is 10.3. The minimum Gasteiger partial charge on any atom is -0.401 e. The highest BCUT2D eigenvalue weighted by Crippen LogP contribution is 2.31. The van der Waals surface area contributed by atoms with Crippen LogP contribution in [0.3, 0.4) is 0 Å². The van der Waals surface area contributed by atoms with Crippen molar-refractivity contribution in [3.8, 4) is 11.6 Å². The maximum absolute atomic E-state index is 12.0. The average Bonchev–Trinajstić information content (AvgIpc) is 3.10. The smallest absolute Gasteiger partial charge is 0.322 e. The van der Waals surface area contributed by atoms with Gasteiger partial charge in [-0.15, -0.1) is 16.4 Å². The van der Waals surface area contributed by atoms with Gasteiger partial charge >= 0.3 is 6.01 Å². The summed E-state index contributed by atoms with van der Waals surface area (Å²) in [6, 6.07) is 3.16. The minimum absolute atomic E-state index is 0.0328. The predicted octanol–water partition coefficient (Wildman–Crippen LogP) is 3.09. The fourth-order valence-corrected chi connectivity index (χ4v) is 3.08.